The number of pyridine rings is 1. The first-order chi connectivity index (χ1) is 16.2. The minimum Gasteiger partial charge on any atom is -0.439 e. The van der Waals surface area contributed by atoms with Crippen LogP contribution in [0.3, 0.4) is 0 Å². The van der Waals surface area contributed by atoms with Gasteiger partial charge in [-0.25, -0.2) is 17.8 Å². The number of rotatable bonds is 7. The fourth-order valence-corrected chi connectivity index (χ4v) is 5.65. The van der Waals surface area contributed by atoms with Crippen molar-refractivity contribution in [2.24, 2.45) is 5.92 Å². The maximum absolute atomic E-state index is 13.3. The van der Waals surface area contributed by atoms with Crippen molar-refractivity contribution >= 4 is 15.9 Å². The normalized spacial score (nSPS) is 15.3. The first-order valence-electron chi connectivity index (χ1n) is 10.8. The molecule has 0 aliphatic carbocycles. The number of sulfonamides is 1. The Morgan fingerprint density at radius 3 is 2.62 bits per heavy atom. The molecule has 4 rings (SSSR count). The van der Waals surface area contributed by atoms with Crippen molar-refractivity contribution in [3.8, 4) is 11.6 Å². The van der Waals surface area contributed by atoms with Gasteiger partial charge in [-0.05, 0) is 44.4 Å². The van der Waals surface area contributed by atoms with E-state index in [1.54, 1.807) is 44.3 Å². The molecule has 0 bridgehead atoms. The van der Waals surface area contributed by atoms with Gasteiger partial charge in [-0.3, -0.25) is 4.79 Å². The van der Waals surface area contributed by atoms with E-state index in [0.29, 0.717) is 30.2 Å². The van der Waals surface area contributed by atoms with Gasteiger partial charge in [0.25, 0.3) is 0 Å². The number of nitrogens with zero attached hydrogens (tertiary/aromatic N) is 3. The Morgan fingerprint density at radius 1 is 1.24 bits per heavy atom. The Hall–Kier alpha value is -3.31. The summed E-state index contributed by atoms with van der Waals surface area (Å²) in [6.45, 7) is 3.95. The highest BCUT2D eigenvalue weighted by Gasteiger charge is 2.35. The number of hydrogen-bond acceptors (Lipinski definition) is 7. The fraction of sp³-hybridized carbons (Fsp3) is 0.348. The van der Waals surface area contributed by atoms with E-state index >= 15 is 0 Å². The fourth-order valence-electron chi connectivity index (χ4n) is 3.89. The van der Waals surface area contributed by atoms with Crippen LogP contribution in [0.5, 0.6) is 11.6 Å². The lowest BCUT2D eigenvalue weighted by Crippen LogP contribution is -2.43. The van der Waals surface area contributed by atoms with Crippen molar-refractivity contribution in [2.75, 3.05) is 13.1 Å². The summed E-state index contributed by atoms with van der Waals surface area (Å²) in [6.07, 6.45) is 2.42. The van der Waals surface area contributed by atoms with Gasteiger partial charge in [-0.15, -0.1) is 0 Å². The molecule has 0 spiro atoms. The van der Waals surface area contributed by atoms with Crippen LogP contribution in [0.25, 0.3) is 0 Å². The topological polar surface area (TPSA) is 115 Å². The number of ether oxygens (including phenoxy) is 1. The summed E-state index contributed by atoms with van der Waals surface area (Å²) in [4.78, 5) is 16.9. The molecule has 2 aromatic heterocycles. The smallest absolute Gasteiger partial charge is 0.248 e. The summed E-state index contributed by atoms with van der Waals surface area (Å²) in [5.74, 6) is 0.111. The summed E-state index contributed by atoms with van der Waals surface area (Å²) in [7, 11) is -3.71. The third-order valence-corrected chi connectivity index (χ3v) is 7.82. The van der Waals surface area contributed by atoms with Crippen LogP contribution in [0.4, 0.5) is 4.39 Å². The molecule has 1 saturated heterocycles. The molecule has 0 saturated carbocycles. The van der Waals surface area contributed by atoms with Crippen LogP contribution in [-0.2, 0) is 21.4 Å². The number of hydrogen-bond donors (Lipinski definition) is 1. The van der Waals surface area contributed by atoms with E-state index in [4.69, 9.17) is 9.26 Å². The highest BCUT2D eigenvalue weighted by molar-refractivity contribution is 7.89. The standard InChI is InChI=1S/C23H25FN4O5S/c1-15-22(16(2)33-27-15)34(30,31)28-10-8-18(9-11-28)23(29)26-14-17-6-7-21(25-13-17)32-20-5-3-4-19(24)12-20/h3-7,12-13,18H,8-11,14H2,1-2H3,(H,26,29). The van der Waals surface area contributed by atoms with Crippen LogP contribution in [-0.4, -0.2) is 41.9 Å². The van der Waals surface area contributed by atoms with Gasteiger partial charge in [0.05, 0.1) is 0 Å². The van der Waals surface area contributed by atoms with E-state index < -0.39 is 15.8 Å². The lowest BCUT2D eigenvalue weighted by molar-refractivity contribution is -0.126. The van der Waals surface area contributed by atoms with Crippen molar-refractivity contribution in [1.82, 2.24) is 19.8 Å². The van der Waals surface area contributed by atoms with E-state index in [-0.39, 0.29) is 42.1 Å². The van der Waals surface area contributed by atoms with Gasteiger partial charge < -0.3 is 14.6 Å². The second-order valence-electron chi connectivity index (χ2n) is 8.11. The number of aryl methyl sites for hydroxylation is 2. The Labute approximate surface area is 197 Å². The third-order valence-electron chi connectivity index (χ3n) is 5.67. The number of benzene rings is 1. The zero-order chi connectivity index (χ0) is 24.3. The predicted molar refractivity (Wildman–Crippen MR) is 120 cm³/mol. The average molecular weight is 489 g/mol. The van der Waals surface area contributed by atoms with Gasteiger partial charge >= 0.3 is 0 Å². The molecular formula is C23H25FN4O5S. The predicted octanol–water partition coefficient (Wildman–Crippen LogP) is 3.33. The summed E-state index contributed by atoms with van der Waals surface area (Å²) >= 11 is 0. The minimum atomic E-state index is -3.71. The van der Waals surface area contributed by atoms with E-state index in [1.807, 2.05) is 0 Å². The van der Waals surface area contributed by atoms with Crippen LogP contribution < -0.4 is 10.1 Å². The SMILES string of the molecule is Cc1noc(C)c1S(=O)(=O)N1CCC(C(=O)NCc2ccc(Oc3cccc(F)c3)nc2)CC1. The molecule has 0 unspecified atom stereocenters. The van der Waals surface area contributed by atoms with Gasteiger partial charge in [0, 0.05) is 43.9 Å². The van der Waals surface area contributed by atoms with Crippen LogP contribution in [0.15, 0.2) is 52.0 Å². The Morgan fingerprint density at radius 2 is 2.00 bits per heavy atom. The molecule has 1 aliphatic rings. The first kappa shape index (κ1) is 23.8. The molecule has 3 aromatic rings. The second-order valence-corrected chi connectivity index (χ2v) is 9.99. The summed E-state index contributed by atoms with van der Waals surface area (Å²) in [5, 5.41) is 6.61. The second kappa shape index (κ2) is 9.90. The Bertz CT molecular complexity index is 1250. The maximum Gasteiger partial charge on any atom is 0.248 e. The van der Waals surface area contributed by atoms with Crippen molar-refractivity contribution in [2.45, 2.75) is 38.1 Å². The molecule has 1 N–H and O–H groups in total. The first-order valence-corrected chi connectivity index (χ1v) is 12.3. The van der Waals surface area contributed by atoms with Gasteiger partial charge in [0.2, 0.25) is 21.8 Å². The van der Waals surface area contributed by atoms with Gasteiger partial charge in [-0.1, -0.05) is 17.3 Å². The molecule has 1 aromatic carbocycles. The molecule has 34 heavy (non-hydrogen) atoms. The Balaban J connectivity index is 1.27. The highest BCUT2D eigenvalue weighted by Crippen LogP contribution is 2.28. The van der Waals surface area contributed by atoms with Crippen LogP contribution in [0, 0.1) is 25.6 Å². The molecule has 11 heteroatoms. The zero-order valence-corrected chi connectivity index (χ0v) is 19.6. The van der Waals surface area contributed by atoms with E-state index in [0.717, 1.165) is 5.56 Å². The van der Waals surface area contributed by atoms with Gasteiger partial charge in [0.1, 0.15) is 22.2 Å². The Kier molecular flexibility index (Phi) is 6.94. The lowest BCUT2D eigenvalue weighted by Gasteiger charge is -2.30. The number of piperidine rings is 1. The number of carbonyl (C=O) groups excluding carboxylic acids is 1. The average Bonchev–Trinajstić information content (AvgIpc) is 3.17. The van der Waals surface area contributed by atoms with Crippen LogP contribution in [0.1, 0.15) is 29.9 Å². The molecular weight excluding hydrogens is 463 g/mol. The minimum absolute atomic E-state index is 0.104. The number of amides is 1. The number of halogens is 1. The van der Waals surface area contributed by atoms with Crippen molar-refractivity contribution < 1.29 is 26.9 Å². The van der Waals surface area contributed by atoms with E-state index in [9.17, 15) is 17.6 Å². The lowest BCUT2D eigenvalue weighted by atomic mass is 9.97. The van der Waals surface area contributed by atoms with Gasteiger partial charge in [0.15, 0.2) is 5.76 Å². The number of nitrogens with one attached hydrogen (secondary N) is 1. The highest BCUT2D eigenvalue weighted by atomic mass is 32.2. The molecule has 1 amide bonds. The van der Waals surface area contributed by atoms with Crippen molar-refractivity contribution in [3.05, 3.63) is 65.4 Å². The maximum atomic E-state index is 13.3. The monoisotopic (exact) mass is 488 g/mol. The quantitative estimate of drug-likeness (QED) is 0.542. The summed E-state index contributed by atoms with van der Waals surface area (Å²) in [5.41, 5.74) is 1.11. The molecule has 0 radical (unpaired) electrons. The molecule has 9 nitrogen and oxygen atoms in total. The van der Waals surface area contributed by atoms with E-state index in [1.165, 1.54) is 16.4 Å². The van der Waals surface area contributed by atoms with Crippen LogP contribution in [0.2, 0.25) is 0 Å². The largest absolute Gasteiger partial charge is 0.439 e. The third kappa shape index (κ3) is 5.26. The molecule has 1 fully saturated rings. The molecule has 3 heterocycles. The molecule has 1 aliphatic heterocycles. The van der Waals surface area contributed by atoms with E-state index in [2.05, 4.69) is 15.5 Å². The van der Waals surface area contributed by atoms with Gasteiger partial charge in [-0.2, -0.15) is 4.31 Å². The van der Waals surface area contributed by atoms with Crippen LogP contribution >= 0.6 is 0 Å². The number of aromatic nitrogens is 2. The zero-order valence-electron chi connectivity index (χ0n) is 18.8. The molecule has 0 atom stereocenters. The number of carbonyl (C=O) groups is 1. The summed E-state index contributed by atoms with van der Waals surface area (Å²) in [6, 6.07) is 9.18. The summed E-state index contributed by atoms with van der Waals surface area (Å²) < 4.78 is 51.0. The van der Waals surface area contributed by atoms with Crippen molar-refractivity contribution in [1.29, 1.82) is 0 Å². The van der Waals surface area contributed by atoms with Crippen molar-refractivity contribution in [3.63, 3.8) is 0 Å². The molecule has 180 valence electrons.